The van der Waals surface area contributed by atoms with Crippen molar-refractivity contribution in [2.24, 2.45) is 5.92 Å². The molecular formula is C20H24S2. The second kappa shape index (κ2) is 8.12. The molecule has 0 saturated heterocycles. The third-order valence-corrected chi connectivity index (χ3v) is 6.52. The van der Waals surface area contributed by atoms with Crippen molar-refractivity contribution in [3.63, 3.8) is 0 Å². The Hall–Kier alpha value is -0.860. The van der Waals surface area contributed by atoms with E-state index in [2.05, 4.69) is 54.8 Å². The minimum absolute atomic E-state index is 0.940. The van der Waals surface area contributed by atoms with Crippen LogP contribution in [0.4, 0.5) is 0 Å². The van der Waals surface area contributed by atoms with E-state index in [1.54, 1.807) is 0 Å². The quantitative estimate of drug-likeness (QED) is 0.557. The van der Waals surface area contributed by atoms with Crippen molar-refractivity contribution < 1.29 is 0 Å². The lowest BCUT2D eigenvalue weighted by Gasteiger charge is -2.20. The van der Waals surface area contributed by atoms with Crippen molar-refractivity contribution in [1.29, 1.82) is 0 Å². The number of hydrogen-bond acceptors (Lipinski definition) is 2. The highest BCUT2D eigenvalue weighted by Gasteiger charge is 2.13. The van der Waals surface area contributed by atoms with Crippen LogP contribution in [0.25, 0.3) is 11.1 Å². The van der Waals surface area contributed by atoms with Crippen LogP contribution < -0.4 is 0 Å². The summed E-state index contributed by atoms with van der Waals surface area (Å²) in [6, 6.07) is 17.8. The topological polar surface area (TPSA) is 0 Å². The van der Waals surface area contributed by atoms with Gasteiger partial charge < -0.3 is 0 Å². The van der Waals surface area contributed by atoms with Gasteiger partial charge in [-0.1, -0.05) is 49.6 Å². The van der Waals surface area contributed by atoms with Gasteiger partial charge in [-0.05, 0) is 54.3 Å². The lowest BCUT2D eigenvalue weighted by atomic mass is 9.91. The van der Waals surface area contributed by atoms with Gasteiger partial charge in [0.2, 0.25) is 0 Å². The van der Waals surface area contributed by atoms with Crippen LogP contribution in [0.5, 0.6) is 0 Å². The van der Waals surface area contributed by atoms with E-state index in [0.29, 0.717) is 0 Å². The molecule has 1 aliphatic rings. The zero-order valence-corrected chi connectivity index (χ0v) is 14.9. The van der Waals surface area contributed by atoms with E-state index < -0.39 is 0 Å². The summed E-state index contributed by atoms with van der Waals surface area (Å²) >= 11 is 3.85. The van der Waals surface area contributed by atoms with Gasteiger partial charge in [-0.2, -0.15) is 0 Å². The average molecular weight is 329 g/mol. The fourth-order valence-corrected chi connectivity index (χ4v) is 4.89. The fourth-order valence-electron chi connectivity index (χ4n) is 3.18. The number of rotatable bonds is 5. The molecule has 2 heteroatoms. The lowest BCUT2D eigenvalue weighted by molar-refractivity contribution is 0.391. The summed E-state index contributed by atoms with van der Waals surface area (Å²) in [6.45, 7) is 0. The Morgan fingerprint density at radius 1 is 0.909 bits per heavy atom. The predicted molar refractivity (Wildman–Crippen MR) is 101 cm³/mol. The highest BCUT2D eigenvalue weighted by molar-refractivity contribution is 7.99. The summed E-state index contributed by atoms with van der Waals surface area (Å²) in [7, 11) is 0. The van der Waals surface area contributed by atoms with Crippen LogP contribution in [0.2, 0.25) is 0 Å². The molecule has 1 aliphatic carbocycles. The molecule has 3 rings (SSSR count). The molecule has 0 unspecified atom stereocenters. The molecule has 0 spiro atoms. The molecule has 1 saturated carbocycles. The van der Waals surface area contributed by atoms with Gasteiger partial charge in [0.15, 0.2) is 0 Å². The van der Waals surface area contributed by atoms with Gasteiger partial charge in [0.1, 0.15) is 0 Å². The normalized spacial score (nSPS) is 15.9. The molecule has 0 aromatic heterocycles. The van der Waals surface area contributed by atoms with Crippen molar-refractivity contribution in [3.8, 4) is 11.1 Å². The van der Waals surface area contributed by atoms with Crippen LogP contribution in [0, 0.1) is 5.92 Å². The third kappa shape index (κ3) is 4.11. The number of benzene rings is 2. The van der Waals surface area contributed by atoms with Gasteiger partial charge in [0.25, 0.3) is 0 Å². The van der Waals surface area contributed by atoms with Crippen LogP contribution in [-0.2, 0) is 0 Å². The molecule has 2 aromatic rings. The first kappa shape index (κ1) is 16.0. The third-order valence-electron chi connectivity index (χ3n) is 4.48. The molecule has 1 fully saturated rings. The minimum atomic E-state index is 0.940. The lowest BCUT2D eigenvalue weighted by Crippen LogP contribution is -2.08. The molecule has 2 aromatic carbocycles. The van der Waals surface area contributed by atoms with Gasteiger partial charge in [0, 0.05) is 15.5 Å². The van der Waals surface area contributed by atoms with Crippen molar-refractivity contribution in [2.75, 3.05) is 12.0 Å². The molecule has 0 nitrogen and oxygen atoms in total. The first-order valence-corrected chi connectivity index (χ1v) is 10.4. The standard InChI is InChI=1S/C20H24S2/c1-21-20-10-6-5-9-19(20)17-11-13-18(14-12-17)22-15-16-7-3-2-4-8-16/h5-6,9-14,16H,2-4,7-8,15H2,1H3. The zero-order chi connectivity index (χ0) is 15.2. The monoisotopic (exact) mass is 328 g/mol. The van der Waals surface area contributed by atoms with Crippen LogP contribution in [0.1, 0.15) is 32.1 Å². The maximum absolute atomic E-state index is 2.29. The fraction of sp³-hybridized carbons (Fsp3) is 0.400. The molecule has 0 N–H and O–H groups in total. The van der Waals surface area contributed by atoms with Crippen molar-refractivity contribution in [1.82, 2.24) is 0 Å². The molecule has 116 valence electrons. The van der Waals surface area contributed by atoms with E-state index in [1.165, 1.54) is 58.8 Å². The average Bonchev–Trinajstić information content (AvgIpc) is 2.61. The maximum Gasteiger partial charge on any atom is 0.0148 e. The van der Waals surface area contributed by atoms with Crippen molar-refractivity contribution >= 4 is 23.5 Å². The largest absolute Gasteiger partial charge is 0.129 e. The molecule has 22 heavy (non-hydrogen) atoms. The van der Waals surface area contributed by atoms with E-state index in [1.807, 2.05) is 23.5 Å². The van der Waals surface area contributed by atoms with Crippen LogP contribution in [0.15, 0.2) is 58.3 Å². The second-order valence-corrected chi connectivity index (χ2v) is 7.98. The Morgan fingerprint density at radius 2 is 1.64 bits per heavy atom. The minimum Gasteiger partial charge on any atom is -0.129 e. The summed E-state index contributed by atoms with van der Waals surface area (Å²) in [4.78, 5) is 2.76. The van der Waals surface area contributed by atoms with Crippen LogP contribution in [-0.4, -0.2) is 12.0 Å². The summed E-state index contributed by atoms with van der Waals surface area (Å²) in [6.07, 6.45) is 9.35. The van der Waals surface area contributed by atoms with E-state index in [4.69, 9.17) is 0 Å². The molecular weight excluding hydrogens is 304 g/mol. The molecule has 0 bridgehead atoms. The summed E-state index contributed by atoms with van der Waals surface area (Å²) in [5.74, 6) is 2.23. The summed E-state index contributed by atoms with van der Waals surface area (Å²) in [5.41, 5.74) is 2.67. The molecule has 0 radical (unpaired) electrons. The van der Waals surface area contributed by atoms with E-state index in [9.17, 15) is 0 Å². The van der Waals surface area contributed by atoms with E-state index >= 15 is 0 Å². The number of thioether (sulfide) groups is 2. The maximum atomic E-state index is 2.29. The molecule has 0 aliphatic heterocycles. The Morgan fingerprint density at radius 3 is 2.36 bits per heavy atom. The van der Waals surface area contributed by atoms with E-state index in [0.717, 1.165) is 5.92 Å². The first-order valence-electron chi connectivity index (χ1n) is 8.23. The Bertz CT molecular complexity index is 583. The van der Waals surface area contributed by atoms with Gasteiger partial charge in [-0.3, -0.25) is 0 Å². The van der Waals surface area contributed by atoms with Crippen LogP contribution >= 0.6 is 23.5 Å². The highest BCUT2D eigenvalue weighted by Crippen LogP contribution is 2.33. The summed E-state index contributed by atoms with van der Waals surface area (Å²) < 4.78 is 0. The van der Waals surface area contributed by atoms with Gasteiger partial charge in [0.05, 0.1) is 0 Å². The molecule has 0 amide bonds. The molecule has 0 heterocycles. The predicted octanol–water partition coefficient (Wildman–Crippen LogP) is 6.75. The SMILES string of the molecule is CSc1ccccc1-c1ccc(SCC2CCCCC2)cc1. The highest BCUT2D eigenvalue weighted by atomic mass is 32.2. The van der Waals surface area contributed by atoms with Crippen molar-refractivity contribution in [3.05, 3.63) is 48.5 Å². The Balaban J connectivity index is 1.64. The van der Waals surface area contributed by atoms with Gasteiger partial charge in [-0.15, -0.1) is 23.5 Å². The smallest absolute Gasteiger partial charge is 0.0148 e. The molecule has 0 atom stereocenters. The van der Waals surface area contributed by atoms with Crippen LogP contribution in [0.3, 0.4) is 0 Å². The van der Waals surface area contributed by atoms with E-state index in [-0.39, 0.29) is 0 Å². The Kier molecular flexibility index (Phi) is 5.91. The second-order valence-electron chi connectivity index (χ2n) is 6.04. The van der Waals surface area contributed by atoms with Crippen molar-refractivity contribution in [2.45, 2.75) is 41.9 Å². The summed E-state index contributed by atoms with van der Waals surface area (Å²) in [5, 5.41) is 0. The zero-order valence-electron chi connectivity index (χ0n) is 13.3. The van der Waals surface area contributed by atoms with Gasteiger partial charge in [-0.25, -0.2) is 0 Å². The Labute approximate surface area is 143 Å². The number of hydrogen-bond donors (Lipinski definition) is 0. The van der Waals surface area contributed by atoms with Gasteiger partial charge >= 0.3 is 0 Å². The first-order chi connectivity index (χ1) is 10.9.